The van der Waals surface area contributed by atoms with Crippen molar-refractivity contribution in [1.82, 2.24) is 39.9 Å². The summed E-state index contributed by atoms with van der Waals surface area (Å²) in [7, 11) is 0. The molecule has 0 saturated heterocycles. The summed E-state index contributed by atoms with van der Waals surface area (Å²) in [4.78, 5) is 39.3. The SMILES string of the molecule is C.C.CCCCCCCCCCCCCCCCCCSC.[Cu].c1ccc2c(c1)-c1nc-2nc2[n-]c(nc3nc(nc4[n-]c(n1)c1ccccc41)-c1ccccc1-3)c1ccccc21. The Labute approximate surface area is 389 Å². The molecule has 9 rings (SSSR count). The molecule has 3 aromatic heterocycles. The van der Waals surface area contributed by atoms with Crippen LogP contribution in [0, 0.1) is 0 Å². The minimum Gasteiger partial charge on any atom is -0.357 e. The van der Waals surface area contributed by atoms with E-state index < -0.39 is 0 Å². The van der Waals surface area contributed by atoms with Crippen molar-refractivity contribution in [2.75, 3.05) is 12.0 Å². The topological polar surface area (TPSA) is 106 Å². The van der Waals surface area contributed by atoms with Gasteiger partial charge < -0.3 is 29.9 Å². The van der Waals surface area contributed by atoms with Gasteiger partial charge in [-0.1, -0.05) is 215 Å². The Morgan fingerprint density at radius 3 is 0.889 bits per heavy atom. The quantitative estimate of drug-likeness (QED) is 0.0652. The van der Waals surface area contributed by atoms with Crippen molar-refractivity contribution in [3.63, 3.8) is 0 Å². The fraction of sp³-hybridized carbons (Fsp3) is 0.396. The summed E-state index contributed by atoms with van der Waals surface area (Å²) in [5, 5.41) is 3.57. The van der Waals surface area contributed by atoms with Crippen molar-refractivity contribution in [3.05, 3.63) is 97.1 Å². The first-order valence-electron chi connectivity index (χ1n) is 22.3. The predicted octanol–water partition coefficient (Wildman–Crippen LogP) is 15.0. The average Bonchev–Trinajstić information content (AvgIpc) is 4.02. The number of fused-ring (bicyclic) bond motifs is 20. The zero-order chi connectivity index (χ0) is 40.9. The Kier molecular flexibility index (Phi) is 19.4. The molecule has 2 aliphatic rings. The van der Waals surface area contributed by atoms with Crippen molar-refractivity contribution in [3.8, 4) is 45.6 Å². The molecule has 0 fully saturated rings. The first-order chi connectivity index (χ1) is 29.7. The van der Waals surface area contributed by atoms with Crippen LogP contribution in [0.5, 0.6) is 0 Å². The molecule has 0 spiro atoms. The van der Waals surface area contributed by atoms with Gasteiger partial charge in [0, 0.05) is 61.9 Å². The molecule has 8 bridgehead atoms. The molecule has 0 atom stereocenters. The van der Waals surface area contributed by atoms with Crippen molar-refractivity contribution in [2.24, 2.45) is 0 Å². The van der Waals surface area contributed by atoms with Crippen LogP contribution in [0.3, 0.4) is 0 Å². The fourth-order valence-corrected chi connectivity index (χ4v) is 8.75. The molecule has 8 nitrogen and oxygen atoms in total. The van der Waals surface area contributed by atoms with E-state index in [1.807, 2.05) is 109 Å². The van der Waals surface area contributed by atoms with Crippen LogP contribution in [0.4, 0.5) is 0 Å². The standard InChI is InChI=1S/C32H16N8.C19H40S.2CH4.Cu/c1-2-10-18-17(9-1)25-33-26(18)38-28-21-13-5-6-14-22(21)30(35-28)40-32-24-16-8-7-15-23(24)31(36-32)39-29-20-12-4-3-11-19(20)27(34-29)37-25;1-3-4-5-6-7-8-9-10-11-12-13-14-15-16-17-18-19-20-2;;;/h1-16H;3-19H2,1-2H3;2*1H4;/q-2;;;;. The van der Waals surface area contributed by atoms with Crippen LogP contribution >= 0.6 is 11.8 Å². The Hall–Kier alpha value is -4.89. The Morgan fingerprint density at radius 2 is 0.619 bits per heavy atom. The molecule has 335 valence electrons. The molecule has 10 heteroatoms. The van der Waals surface area contributed by atoms with Gasteiger partial charge in [-0.3, -0.25) is 0 Å². The summed E-state index contributed by atoms with van der Waals surface area (Å²) in [5.74, 6) is 3.57. The second-order valence-electron chi connectivity index (χ2n) is 16.0. The van der Waals surface area contributed by atoms with Gasteiger partial charge in [-0.05, 0) is 40.0 Å². The third-order valence-electron chi connectivity index (χ3n) is 11.5. The summed E-state index contributed by atoms with van der Waals surface area (Å²) in [6.07, 6.45) is 25.7. The number of benzene rings is 4. The van der Waals surface area contributed by atoms with Crippen LogP contribution in [0.15, 0.2) is 97.1 Å². The van der Waals surface area contributed by atoms with Crippen molar-refractivity contribution in [1.29, 1.82) is 0 Å². The summed E-state index contributed by atoms with van der Waals surface area (Å²) >= 11 is 1.99. The summed E-state index contributed by atoms with van der Waals surface area (Å²) < 4.78 is 0. The molecule has 0 aliphatic carbocycles. The van der Waals surface area contributed by atoms with Gasteiger partial charge in [0.25, 0.3) is 0 Å². The third-order valence-corrected chi connectivity index (χ3v) is 12.2. The van der Waals surface area contributed by atoms with Gasteiger partial charge in [-0.2, -0.15) is 11.8 Å². The number of thioether (sulfide) groups is 1. The van der Waals surface area contributed by atoms with Crippen LogP contribution in [0.2, 0.25) is 0 Å². The van der Waals surface area contributed by atoms with E-state index in [0.717, 1.165) is 43.8 Å². The molecule has 0 unspecified atom stereocenters. The second kappa shape index (κ2) is 24.8. The molecule has 4 aromatic carbocycles. The molecule has 0 N–H and O–H groups in total. The zero-order valence-electron chi connectivity index (χ0n) is 35.5. The van der Waals surface area contributed by atoms with Gasteiger partial charge in [0.05, 0.1) is 23.3 Å². The maximum atomic E-state index is 4.95. The molecule has 2 aliphatic heterocycles. The number of hydrogen-bond donors (Lipinski definition) is 0. The van der Waals surface area contributed by atoms with Crippen molar-refractivity contribution >= 4 is 55.9 Å². The summed E-state index contributed by atoms with van der Waals surface area (Å²) in [5.41, 5.74) is 5.78. The molecule has 0 saturated carbocycles. The Bertz CT molecular complexity index is 2350. The minimum absolute atomic E-state index is 0. The maximum absolute atomic E-state index is 4.95. The number of unbranched alkanes of at least 4 members (excludes halogenated alkanes) is 15. The van der Waals surface area contributed by atoms with Gasteiger partial charge in [0.2, 0.25) is 0 Å². The van der Waals surface area contributed by atoms with Crippen LogP contribution in [0.1, 0.15) is 125 Å². The van der Waals surface area contributed by atoms with Gasteiger partial charge in [-0.15, -0.1) is 0 Å². The largest absolute Gasteiger partial charge is 0.357 e. The molecule has 5 heterocycles. The van der Waals surface area contributed by atoms with Crippen molar-refractivity contribution < 1.29 is 17.1 Å². The van der Waals surface area contributed by atoms with Crippen molar-refractivity contribution in [2.45, 2.75) is 125 Å². The number of nitrogens with zero attached hydrogens (tertiary/aromatic N) is 8. The minimum atomic E-state index is 0. The van der Waals surface area contributed by atoms with Gasteiger partial charge in [-0.25, -0.2) is 9.97 Å². The smallest absolute Gasteiger partial charge is 0.0927 e. The second-order valence-corrected chi connectivity index (χ2v) is 16.9. The van der Waals surface area contributed by atoms with Gasteiger partial charge in [0.1, 0.15) is 0 Å². The van der Waals surface area contributed by atoms with E-state index in [0.29, 0.717) is 45.9 Å². The summed E-state index contributed by atoms with van der Waals surface area (Å²) in [6, 6.07) is 31.8. The predicted molar refractivity (Wildman–Crippen MR) is 265 cm³/mol. The van der Waals surface area contributed by atoms with Gasteiger partial charge >= 0.3 is 0 Å². The fourth-order valence-electron chi connectivity index (χ4n) is 8.25. The van der Waals surface area contributed by atoms with Crippen LogP contribution in [0.25, 0.3) is 89.7 Å². The average molecular weight is 909 g/mol. The molecular weight excluding hydrogens is 844 g/mol. The third kappa shape index (κ3) is 12.0. The molecule has 0 amide bonds. The summed E-state index contributed by atoms with van der Waals surface area (Å²) in [6.45, 7) is 2.30. The van der Waals surface area contributed by atoms with Crippen LogP contribution < -0.4 is 9.97 Å². The zero-order valence-corrected chi connectivity index (χ0v) is 37.3. The van der Waals surface area contributed by atoms with Crippen LogP contribution in [-0.2, 0) is 17.1 Å². The molecule has 1 radical (unpaired) electrons. The number of rotatable bonds is 17. The van der Waals surface area contributed by atoms with E-state index in [9.17, 15) is 0 Å². The first kappa shape index (κ1) is 49.1. The number of aromatic nitrogens is 8. The van der Waals surface area contributed by atoms with Gasteiger partial charge in [0.15, 0.2) is 0 Å². The first-order valence-corrected chi connectivity index (χ1v) is 23.7. The normalized spacial score (nSPS) is 11.1. The van der Waals surface area contributed by atoms with E-state index in [1.54, 1.807) is 0 Å². The van der Waals surface area contributed by atoms with E-state index in [1.165, 1.54) is 108 Å². The molecule has 63 heavy (non-hydrogen) atoms. The van der Waals surface area contributed by atoms with E-state index in [4.69, 9.17) is 39.9 Å². The number of hydrogen-bond acceptors (Lipinski definition) is 7. The van der Waals surface area contributed by atoms with Crippen LogP contribution in [-0.4, -0.2) is 41.9 Å². The maximum Gasteiger partial charge on any atom is 0.0927 e. The van der Waals surface area contributed by atoms with E-state index in [2.05, 4.69) is 13.2 Å². The molecule has 7 aromatic rings. The Balaban J connectivity index is 0.000000282. The monoisotopic (exact) mass is 907 g/mol. The molecular formula is C53H64CuN8S-2. The van der Waals surface area contributed by atoms with E-state index in [-0.39, 0.29) is 31.9 Å². The van der Waals surface area contributed by atoms with E-state index >= 15 is 0 Å². The Morgan fingerprint density at radius 1 is 0.365 bits per heavy atom.